The summed E-state index contributed by atoms with van der Waals surface area (Å²) in [5.74, 6) is 0.917. The molecule has 1 saturated carbocycles. The molecule has 0 aliphatic heterocycles. The first-order valence-electron chi connectivity index (χ1n) is 6.51. The third kappa shape index (κ3) is 4.40. The van der Waals surface area contributed by atoms with Crippen molar-refractivity contribution in [2.24, 2.45) is 5.92 Å². The van der Waals surface area contributed by atoms with E-state index < -0.39 is 0 Å². The van der Waals surface area contributed by atoms with Crippen LogP contribution in [-0.2, 0) is 4.74 Å². The summed E-state index contributed by atoms with van der Waals surface area (Å²) in [4.78, 5) is 0. The molecule has 2 N–H and O–H groups in total. The van der Waals surface area contributed by atoms with Gasteiger partial charge in [0.2, 0.25) is 0 Å². The number of hydrogen-bond donors (Lipinski definition) is 2. The Balaban J connectivity index is 2.11. The molecule has 0 aromatic rings. The molecule has 1 rings (SSSR count). The molecule has 0 heterocycles. The van der Waals surface area contributed by atoms with Crippen LogP contribution >= 0.6 is 0 Å². The Morgan fingerprint density at radius 2 is 2.19 bits per heavy atom. The van der Waals surface area contributed by atoms with Gasteiger partial charge >= 0.3 is 0 Å². The lowest BCUT2D eigenvalue weighted by Crippen LogP contribution is -2.46. The van der Waals surface area contributed by atoms with Crippen molar-refractivity contribution < 1.29 is 9.84 Å². The molecule has 3 heteroatoms. The molecular formula is C13H27NO2. The molecule has 0 aromatic heterocycles. The molecule has 16 heavy (non-hydrogen) atoms. The van der Waals surface area contributed by atoms with E-state index in [9.17, 15) is 5.11 Å². The Morgan fingerprint density at radius 1 is 1.50 bits per heavy atom. The van der Waals surface area contributed by atoms with Crippen molar-refractivity contribution in [1.29, 1.82) is 0 Å². The Morgan fingerprint density at radius 3 is 2.62 bits per heavy atom. The number of ether oxygens (including phenoxy) is 1. The minimum absolute atomic E-state index is 0.153. The Bertz CT molecular complexity index is 188. The summed E-state index contributed by atoms with van der Waals surface area (Å²) in [6, 6.07) is 0. The monoisotopic (exact) mass is 229 g/mol. The topological polar surface area (TPSA) is 41.5 Å². The number of aliphatic hydroxyl groups excluding tert-OH is 1. The van der Waals surface area contributed by atoms with Crippen molar-refractivity contribution in [2.75, 3.05) is 20.3 Å². The molecule has 0 bridgehead atoms. The Labute approximate surface area is 99.6 Å². The number of likely N-dealkylation sites (N-methyl/N-ethyl adjacent to an activating group) is 1. The lowest BCUT2D eigenvalue weighted by molar-refractivity contribution is 0.0190. The molecule has 0 amide bonds. The van der Waals surface area contributed by atoms with Crippen molar-refractivity contribution >= 4 is 0 Å². The van der Waals surface area contributed by atoms with E-state index in [1.54, 1.807) is 0 Å². The highest BCUT2D eigenvalue weighted by Crippen LogP contribution is 2.29. The summed E-state index contributed by atoms with van der Waals surface area (Å²) >= 11 is 0. The second-order valence-corrected chi connectivity index (χ2v) is 5.44. The standard InChI is InChI=1S/C13H27NO2/c1-11(9-13(2,10-15)14-3)16-8-7-12-5-4-6-12/h11-12,14-15H,4-10H2,1-3H3. The van der Waals surface area contributed by atoms with Crippen LogP contribution in [0.5, 0.6) is 0 Å². The fourth-order valence-electron chi connectivity index (χ4n) is 2.16. The van der Waals surface area contributed by atoms with Crippen LogP contribution in [0.15, 0.2) is 0 Å². The second-order valence-electron chi connectivity index (χ2n) is 5.44. The molecule has 3 nitrogen and oxygen atoms in total. The summed E-state index contributed by atoms with van der Waals surface area (Å²) in [6.07, 6.45) is 6.46. The van der Waals surface area contributed by atoms with Crippen LogP contribution in [0.4, 0.5) is 0 Å². The van der Waals surface area contributed by atoms with Crippen molar-refractivity contribution in [3.63, 3.8) is 0 Å². The van der Waals surface area contributed by atoms with Crippen LogP contribution in [0.1, 0.15) is 46.0 Å². The van der Waals surface area contributed by atoms with E-state index in [0.717, 1.165) is 18.9 Å². The molecule has 0 saturated heterocycles. The van der Waals surface area contributed by atoms with Gasteiger partial charge in [0.25, 0.3) is 0 Å². The fourth-order valence-corrected chi connectivity index (χ4v) is 2.16. The van der Waals surface area contributed by atoms with Gasteiger partial charge < -0.3 is 15.2 Å². The molecule has 2 atom stereocenters. The summed E-state index contributed by atoms with van der Waals surface area (Å²) in [5.41, 5.74) is -0.212. The minimum Gasteiger partial charge on any atom is -0.394 e. The molecule has 0 aromatic carbocycles. The number of rotatable bonds is 8. The smallest absolute Gasteiger partial charge is 0.0611 e. The van der Waals surface area contributed by atoms with Crippen LogP contribution in [0.2, 0.25) is 0 Å². The van der Waals surface area contributed by atoms with E-state index in [2.05, 4.69) is 12.2 Å². The average molecular weight is 229 g/mol. The quantitative estimate of drug-likeness (QED) is 0.668. The van der Waals surface area contributed by atoms with Crippen LogP contribution in [0.3, 0.4) is 0 Å². The van der Waals surface area contributed by atoms with E-state index in [-0.39, 0.29) is 18.2 Å². The summed E-state index contributed by atoms with van der Waals surface area (Å²) in [7, 11) is 1.89. The normalized spacial score (nSPS) is 22.5. The zero-order chi connectivity index (χ0) is 12.0. The van der Waals surface area contributed by atoms with E-state index in [0.29, 0.717) is 0 Å². The molecule has 2 unspecified atom stereocenters. The highest BCUT2D eigenvalue weighted by Gasteiger charge is 2.24. The number of hydrogen-bond acceptors (Lipinski definition) is 3. The van der Waals surface area contributed by atoms with Crippen LogP contribution in [0.25, 0.3) is 0 Å². The third-order valence-electron chi connectivity index (χ3n) is 3.84. The summed E-state index contributed by atoms with van der Waals surface area (Å²) in [6.45, 7) is 5.14. The zero-order valence-electron chi connectivity index (χ0n) is 11.0. The lowest BCUT2D eigenvalue weighted by Gasteiger charge is -2.31. The van der Waals surface area contributed by atoms with Crippen LogP contribution in [-0.4, -0.2) is 37.0 Å². The largest absolute Gasteiger partial charge is 0.394 e. The SMILES string of the molecule is CNC(C)(CO)CC(C)OCCC1CCC1. The summed E-state index contributed by atoms with van der Waals surface area (Å²) < 4.78 is 5.80. The maximum Gasteiger partial charge on any atom is 0.0611 e. The highest BCUT2D eigenvalue weighted by atomic mass is 16.5. The molecule has 1 fully saturated rings. The first-order valence-corrected chi connectivity index (χ1v) is 6.51. The average Bonchev–Trinajstić information content (AvgIpc) is 2.21. The first kappa shape index (κ1) is 13.9. The van der Waals surface area contributed by atoms with Gasteiger partial charge in [-0.25, -0.2) is 0 Å². The molecule has 1 aliphatic carbocycles. The molecule has 0 spiro atoms. The maximum absolute atomic E-state index is 9.28. The minimum atomic E-state index is -0.212. The van der Waals surface area contributed by atoms with Gasteiger partial charge in [-0.15, -0.1) is 0 Å². The number of nitrogens with one attached hydrogen (secondary N) is 1. The lowest BCUT2D eigenvalue weighted by atomic mass is 9.83. The molecule has 1 aliphatic rings. The van der Waals surface area contributed by atoms with Gasteiger partial charge in [-0.05, 0) is 39.7 Å². The first-order chi connectivity index (χ1) is 7.59. The van der Waals surface area contributed by atoms with Gasteiger partial charge in [0.15, 0.2) is 0 Å². The number of aliphatic hydroxyl groups is 1. The maximum atomic E-state index is 9.28. The van der Waals surface area contributed by atoms with Crippen molar-refractivity contribution in [3.05, 3.63) is 0 Å². The van der Waals surface area contributed by atoms with Crippen molar-refractivity contribution in [2.45, 2.75) is 57.6 Å². The van der Waals surface area contributed by atoms with Gasteiger partial charge in [0.1, 0.15) is 0 Å². The Kier molecular flexibility index (Phi) is 5.73. The Hall–Kier alpha value is -0.120. The summed E-state index contributed by atoms with van der Waals surface area (Å²) in [5, 5.41) is 12.4. The van der Waals surface area contributed by atoms with Crippen molar-refractivity contribution in [3.8, 4) is 0 Å². The third-order valence-corrected chi connectivity index (χ3v) is 3.84. The van der Waals surface area contributed by atoms with Gasteiger partial charge in [-0.1, -0.05) is 19.3 Å². The van der Waals surface area contributed by atoms with Gasteiger partial charge in [0.05, 0.1) is 12.7 Å². The van der Waals surface area contributed by atoms with Crippen LogP contribution in [0, 0.1) is 5.92 Å². The zero-order valence-corrected chi connectivity index (χ0v) is 11.0. The van der Waals surface area contributed by atoms with E-state index in [4.69, 9.17) is 4.74 Å². The van der Waals surface area contributed by atoms with Gasteiger partial charge in [-0.2, -0.15) is 0 Å². The van der Waals surface area contributed by atoms with Gasteiger partial charge in [-0.3, -0.25) is 0 Å². The van der Waals surface area contributed by atoms with Crippen LogP contribution < -0.4 is 5.32 Å². The van der Waals surface area contributed by atoms with Gasteiger partial charge in [0, 0.05) is 12.1 Å². The molecule has 0 radical (unpaired) electrons. The second kappa shape index (κ2) is 6.58. The van der Waals surface area contributed by atoms with E-state index >= 15 is 0 Å². The fraction of sp³-hybridized carbons (Fsp3) is 1.00. The molecular weight excluding hydrogens is 202 g/mol. The van der Waals surface area contributed by atoms with E-state index in [1.807, 2.05) is 14.0 Å². The van der Waals surface area contributed by atoms with Crippen molar-refractivity contribution in [1.82, 2.24) is 5.32 Å². The predicted octanol–water partition coefficient (Wildman–Crippen LogP) is 1.94. The highest BCUT2D eigenvalue weighted by molar-refractivity contribution is 4.82. The predicted molar refractivity (Wildman–Crippen MR) is 66.5 cm³/mol. The molecule has 96 valence electrons. The van der Waals surface area contributed by atoms with E-state index in [1.165, 1.54) is 25.7 Å².